The lowest BCUT2D eigenvalue weighted by molar-refractivity contribution is -0.121. The third kappa shape index (κ3) is 4.03. The van der Waals surface area contributed by atoms with Gasteiger partial charge < -0.3 is 20.7 Å². The van der Waals surface area contributed by atoms with Gasteiger partial charge in [0.15, 0.2) is 6.23 Å². The lowest BCUT2D eigenvalue weighted by Gasteiger charge is -2.20. The zero-order valence-corrected chi connectivity index (χ0v) is 18.9. The molecule has 7 heteroatoms. The Morgan fingerprint density at radius 1 is 1.09 bits per heavy atom. The van der Waals surface area contributed by atoms with Crippen molar-refractivity contribution >= 4 is 39.7 Å². The average molecular weight is 459 g/mol. The number of aliphatic hydroxyl groups excluding tert-OH is 1. The number of fused-ring (bicyclic) bond motifs is 3. The van der Waals surface area contributed by atoms with Gasteiger partial charge in [-0.2, -0.15) is 0 Å². The van der Waals surface area contributed by atoms with Crippen molar-refractivity contribution in [3.8, 4) is 11.4 Å². The number of aromatic amines is 1. The summed E-state index contributed by atoms with van der Waals surface area (Å²) in [6, 6.07) is 17.5. The fourth-order valence-electron chi connectivity index (χ4n) is 5.42. The molecule has 1 amide bonds. The Balaban J connectivity index is 1.15. The maximum Gasteiger partial charge on any atom is 0.227 e. The van der Waals surface area contributed by atoms with Crippen LogP contribution in [0, 0.1) is 17.8 Å². The molecule has 2 aromatic carbocycles. The van der Waals surface area contributed by atoms with Crippen molar-refractivity contribution in [1.82, 2.24) is 9.97 Å². The molecule has 2 heterocycles. The molecule has 4 atom stereocenters. The molecule has 0 radical (unpaired) electrons. The van der Waals surface area contributed by atoms with Gasteiger partial charge in [0.05, 0.1) is 15.9 Å². The van der Waals surface area contributed by atoms with Crippen LogP contribution in [0.2, 0.25) is 0 Å². The van der Waals surface area contributed by atoms with Crippen LogP contribution in [0.4, 0.5) is 11.4 Å². The van der Waals surface area contributed by atoms with Crippen molar-refractivity contribution in [3.05, 3.63) is 64.9 Å². The number of aromatic nitrogens is 2. The summed E-state index contributed by atoms with van der Waals surface area (Å²) in [4.78, 5) is 21.6. The van der Waals surface area contributed by atoms with Crippen LogP contribution in [0.25, 0.3) is 22.4 Å². The summed E-state index contributed by atoms with van der Waals surface area (Å²) in [5.41, 5.74) is 4.35. The molecule has 6 rings (SSSR count). The maximum atomic E-state index is 12.7. The third-order valence-electron chi connectivity index (χ3n) is 7.10. The van der Waals surface area contributed by atoms with Crippen molar-refractivity contribution in [2.75, 3.05) is 10.6 Å². The van der Waals surface area contributed by atoms with E-state index in [1.807, 2.05) is 60.0 Å². The van der Waals surface area contributed by atoms with E-state index >= 15 is 0 Å². The van der Waals surface area contributed by atoms with Crippen LogP contribution < -0.4 is 10.6 Å². The second-order valence-corrected chi connectivity index (χ2v) is 10.2. The average Bonchev–Trinajstić information content (AvgIpc) is 3.63. The van der Waals surface area contributed by atoms with Crippen molar-refractivity contribution in [3.63, 3.8) is 0 Å². The fourth-order valence-corrected chi connectivity index (χ4v) is 6.08. The number of carbonyl (C=O) groups is 1. The van der Waals surface area contributed by atoms with E-state index in [-0.39, 0.29) is 11.8 Å². The Bertz CT molecular complexity index is 1280. The number of anilines is 2. The van der Waals surface area contributed by atoms with Gasteiger partial charge in [0.2, 0.25) is 5.91 Å². The number of rotatable bonds is 6. The van der Waals surface area contributed by atoms with E-state index in [0.29, 0.717) is 5.92 Å². The number of hydrogen-bond acceptors (Lipinski definition) is 5. The zero-order chi connectivity index (χ0) is 22.4. The van der Waals surface area contributed by atoms with Crippen LogP contribution in [0.5, 0.6) is 0 Å². The van der Waals surface area contributed by atoms with E-state index in [2.05, 4.69) is 15.6 Å². The van der Waals surface area contributed by atoms with Crippen molar-refractivity contribution in [2.45, 2.75) is 31.9 Å². The van der Waals surface area contributed by atoms with E-state index in [1.165, 1.54) is 30.6 Å². The van der Waals surface area contributed by atoms with E-state index in [4.69, 9.17) is 4.98 Å². The molecular weight excluding hydrogens is 432 g/mol. The van der Waals surface area contributed by atoms with Gasteiger partial charge in [0.1, 0.15) is 5.82 Å². The van der Waals surface area contributed by atoms with Gasteiger partial charge in [0.25, 0.3) is 0 Å². The molecule has 2 saturated carbocycles. The largest absolute Gasteiger partial charge is 0.369 e. The number of nitrogens with zero attached hydrogens (tertiary/aromatic N) is 1. The van der Waals surface area contributed by atoms with Crippen LogP contribution in [-0.2, 0) is 4.79 Å². The summed E-state index contributed by atoms with van der Waals surface area (Å²) in [7, 11) is 0. The summed E-state index contributed by atoms with van der Waals surface area (Å²) >= 11 is 1.51. The zero-order valence-electron chi connectivity index (χ0n) is 18.1. The molecule has 168 valence electrons. The Morgan fingerprint density at radius 2 is 1.94 bits per heavy atom. The first-order valence-electron chi connectivity index (χ1n) is 11.5. The lowest BCUT2D eigenvalue weighted by atomic mass is 9.88. The molecule has 0 spiro atoms. The number of imidazole rings is 1. The number of thiophene rings is 1. The minimum atomic E-state index is -0.744. The molecule has 4 unspecified atom stereocenters. The second kappa shape index (κ2) is 8.32. The molecule has 2 fully saturated rings. The van der Waals surface area contributed by atoms with Crippen LogP contribution >= 0.6 is 11.3 Å². The van der Waals surface area contributed by atoms with Crippen molar-refractivity contribution < 1.29 is 9.90 Å². The smallest absolute Gasteiger partial charge is 0.227 e. The third-order valence-corrected chi connectivity index (χ3v) is 8.02. The van der Waals surface area contributed by atoms with Crippen molar-refractivity contribution in [1.29, 1.82) is 0 Å². The second-order valence-electron chi connectivity index (χ2n) is 9.23. The van der Waals surface area contributed by atoms with Gasteiger partial charge in [0, 0.05) is 22.9 Å². The number of amides is 1. The van der Waals surface area contributed by atoms with Crippen LogP contribution in [0.3, 0.4) is 0 Å². The molecule has 33 heavy (non-hydrogen) atoms. The standard InChI is InChI=1S/C26H26N4O2S/c31-25(20-13-15-3-4-17(20)12-15)27-18-7-5-16(6-8-18)24-29-21-10-9-19(14-22(21)30-24)28-26(32)23-2-1-11-33-23/h1-2,5-11,14-15,17,20,26,28,32H,3-4,12-13H2,(H,27,31)(H,29,30). The van der Waals surface area contributed by atoms with Gasteiger partial charge in [-0.05, 0) is 85.0 Å². The molecular formula is C26H26N4O2S. The number of carbonyl (C=O) groups excluding carboxylic acids is 1. The highest BCUT2D eigenvalue weighted by Crippen LogP contribution is 2.48. The molecule has 2 bridgehead atoms. The summed E-state index contributed by atoms with van der Waals surface area (Å²) in [6.45, 7) is 0. The molecule has 0 saturated heterocycles. The first-order valence-corrected chi connectivity index (χ1v) is 12.4. The van der Waals surface area contributed by atoms with Crippen LogP contribution in [-0.4, -0.2) is 21.0 Å². The molecule has 2 aromatic heterocycles. The Morgan fingerprint density at radius 3 is 2.67 bits per heavy atom. The van der Waals surface area contributed by atoms with Crippen LogP contribution in [0.1, 0.15) is 36.8 Å². The number of H-pyrrole nitrogens is 1. The van der Waals surface area contributed by atoms with Crippen molar-refractivity contribution in [2.24, 2.45) is 17.8 Å². The molecule has 2 aliphatic carbocycles. The van der Waals surface area contributed by atoms with Gasteiger partial charge in [-0.1, -0.05) is 12.5 Å². The topological polar surface area (TPSA) is 90.0 Å². The highest BCUT2D eigenvalue weighted by molar-refractivity contribution is 7.10. The van der Waals surface area contributed by atoms with Gasteiger partial charge in [-0.25, -0.2) is 4.98 Å². The van der Waals surface area contributed by atoms with Gasteiger partial charge in [-0.3, -0.25) is 4.79 Å². The monoisotopic (exact) mass is 458 g/mol. The number of benzene rings is 2. The Labute approximate surface area is 196 Å². The predicted molar refractivity (Wildman–Crippen MR) is 132 cm³/mol. The molecule has 2 aliphatic rings. The SMILES string of the molecule is O=C(Nc1ccc(-c2nc3ccc(NC(O)c4cccs4)cc3[nH]2)cc1)C1CC2CCC1C2. The highest BCUT2D eigenvalue weighted by atomic mass is 32.1. The highest BCUT2D eigenvalue weighted by Gasteiger charge is 2.43. The summed E-state index contributed by atoms with van der Waals surface area (Å²) < 4.78 is 0. The minimum absolute atomic E-state index is 0.170. The van der Waals surface area contributed by atoms with E-state index in [1.54, 1.807) is 0 Å². The summed E-state index contributed by atoms with van der Waals surface area (Å²) in [6.07, 6.45) is 4.04. The molecule has 0 aliphatic heterocycles. The van der Waals surface area contributed by atoms with Gasteiger partial charge >= 0.3 is 0 Å². The van der Waals surface area contributed by atoms with E-state index < -0.39 is 6.23 Å². The maximum absolute atomic E-state index is 12.7. The molecule has 4 N–H and O–H groups in total. The Hall–Kier alpha value is -3.16. The van der Waals surface area contributed by atoms with E-state index in [0.717, 1.165) is 51.0 Å². The Kier molecular flexibility index (Phi) is 5.15. The van der Waals surface area contributed by atoms with Crippen LogP contribution in [0.15, 0.2) is 60.0 Å². The van der Waals surface area contributed by atoms with Gasteiger partial charge in [-0.15, -0.1) is 11.3 Å². The summed E-state index contributed by atoms with van der Waals surface area (Å²) in [5.74, 6) is 2.46. The van der Waals surface area contributed by atoms with E-state index in [9.17, 15) is 9.90 Å². The first kappa shape index (κ1) is 20.4. The number of nitrogens with one attached hydrogen (secondary N) is 3. The normalized spacial score (nSPS) is 22.5. The lowest BCUT2D eigenvalue weighted by Crippen LogP contribution is -2.27. The number of aliphatic hydroxyl groups is 1. The quantitative estimate of drug-likeness (QED) is 0.276. The molecule has 6 nitrogen and oxygen atoms in total. The number of hydrogen-bond donors (Lipinski definition) is 4. The predicted octanol–water partition coefficient (Wildman–Crippen LogP) is 5.77. The summed E-state index contributed by atoms with van der Waals surface area (Å²) in [5, 5.41) is 18.5. The minimum Gasteiger partial charge on any atom is -0.369 e. The molecule has 4 aromatic rings. The fraction of sp³-hybridized carbons (Fsp3) is 0.308. The first-order chi connectivity index (χ1) is 16.1.